The van der Waals surface area contributed by atoms with Crippen molar-refractivity contribution in [2.24, 2.45) is 5.92 Å². The molecule has 0 saturated heterocycles. The molecule has 0 saturated carbocycles. The first-order valence-corrected chi connectivity index (χ1v) is 11.1. The molecular weight excluding hydrogens is 418 g/mol. The van der Waals surface area contributed by atoms with E-state index in [4.69, 9.17) is 9.47 Å². The van der Waals surface area contributed by atoms with Gasteiger partial charge in [0.15, 0.2) is 6.10 Å². The fraction of sp³-hybridized carbons (Fsp3) is 0.818. The monoisotopic (exact) mass is 459 g/mol. The molecule has 4 N–H and O–H groups in total. The number of carbonyl (C=O) groups excluding carboxylic acids is 4. The lowest BCUT2D eigenvalue weighted by atomic mass is 10.0. The molecule has 0 aliphatic rings. The predicted molar refractivity (Wildman–Crippen MR) is 120 cm³/mol. The van der Waals surface area contributed by atoms with Gasteiger partial charge in [-0.1, -0.05) is 33.6 Å². The summed E-state index contributed by atoms with van der Waals surface area (Å²) in [5.74, 6) is -1.86. The highest BCUT2D eigenvalue weighted by molar-refractivity contribution is 5.91. The van der Waals surface area contributed by atoms with Gasteiger partial charge in [0.2, 0.25) is 5.91 Å². The van der Waals surface area contributed by atoms with Crippen LogP contribution in [0.2, 0.25) is 0 Å². The summed E-state index contributed by atoms with van der Waals surface area (Å²) < 4.78 is 9.93. The first-order chi connectivity index (χ1) is 14.7. The third kappa shape index (κ3) is 11.9. The largest absolute Gasteiger partial charge is 0.467 e. The van der Waals surface area contributed by atoms with Crippen LogP contribution >= 0.6 is 0 Å². The second-order valence-electron chi connectivity index (χ2n) is 9.28. The first kappa shape index (κ1) is 29.6. The molecule has 0 fully saturated rings. The Labute approximate surface area is 191 Å². The molecule has 0 unspecified atom stereocenters. The predicted octanol–water partition coefficient (Wildman–Crippen LogP) is 1.64. The fourth-order valence-electron chi connectivity index (χ4n) is 2.86. The number of ether oxygens (including phenoxy) is 2. The Morgan fingerprint density at radius 2 is 1.56 bits per heavy atom. The maximum atomic E-state index is 12.6. The number of aliphatic hydroxyl groups excluding tert-OH is 1. The lowest BCUT2D eigenvalue weighted by molar-refractivity contribution is -0.145. The molecule has 10 nitrogen and oxygen atoms in total. The van der Waals surface area contributed by atoms with Gasteiger partial charge >= 0.3 is 12.1 Å². The van der Waals surface area contributed by atoms with Crippen LogP contribution in [0.15, 0.2) is 0 Å². The van der Waals surface area contributed by atoms with Gasteiger partial charge in [0, 0.05) is 0 Å². The molecule has 32 heavy (non-hydrogen) atoms. The summed E-state index contributed by atoms with van der Waals surface area (Å²) in [5, 5.41) is 18.0. The third-order valence-electron chi connectivity index (χ3n) is 4.48. The van der Waals surface area contributed by atoms with Crippen molar-refractivity contribution in [3.05, 3.63) is 0 Å². The smallest absolute Gasteiger partial charge is 0.407 e. The quantitative estimate of drug-likeness (QED) is 0.325. The minimum Gasteiger partial charge on any atom is -0.467 e. The molecule has 3 amide bonds. The van der Waals surface area contributed by atoms with Crippen LogP contribution in [0.25, 0.3) is 0 Å². The average Bonchev–Trinajstić information content (AvgIpc) is 2.67. The number of alkyl carbamates (subject to hydrolysis) is 1. The SMILES string of the molecule is CCCC[C@@H](NC(=O)OC(C)(C)C)[C@H](O)C(=O)N[C@@H](C)C(=O)N[C@@H](CC(C)C)C(=O)OC. The van der Waals surface area contributed by atoms with Crippen LogP contribution in [-0.2, 0) is 23.9 Å². The van der Waals surface area contributed by atoms with Crippen LogP contribution < -0.4 is 16.0 Å². The molecule has 0 aliphatic carbocycles. The minimum atomic E-state index is -1.59. The van der Waals surface area contributed by atoms with E-state index in [2.05, 4.69) is 16.0 Å². The Bertz CT molecular complexity index is 632. The number of nitrogens with one attached hydrogen (secondary N) is 3. The maximum absolute atomic E-state index is 12.6. The molecule has 0 spiro atoms. The number of carbonyl (C=O) groups is 4. The number of hydrogen-bond acceptors (Lipinski definition) is 7. The summed E-state index contributed by atoms with van der Waals surface area (Å²) in [4.78, 5) is 49.1. The van der Waals surface area contributed by atoms with Crippen molar-refractivity contribution < 1.29 is 33.8 Å². The number of esters is 1. The van der Waals surface area contributed by atoms with Crippen molar-refractivity contribution in [1.29, 1.82) is 0 Å². The molecule has 0 heterocycles. The summed E-state index contributed by atoms with van der Waals surface area (Å²) in [6, 6.07) is -2.75. The van der Waals surface area contributed by atoms with Crippen LogP contribution in [0.4, 0.5) is 4.79 Å². The zero-order valence-electron chi connectivity index (χ0n) is 20.6. The second-order valence-corrected chi connectivity index (χ2v) is 9.28. The fourth-order valence-corrected chi connectivity index (χ4v) is 2.86. The Balaban J connectivity index is 5.10. The van der Waals surface area contributed by atoms with Gasteiger partial charge in [0.25, 0.3) is 5.91 Å². The van der Waals surface area contributed by atoms with E-state index in [1.54, 1.807) is 20.8 Å². The van der Waals surface area contributed by atoms with Gasteiger partial charge in [-0.05, 0) is 46.5 Å². The number of amides is 3. The van der Waals surface area contributed by atoms with Crippen LogP contribution in [0.3, 0.4) is 0 Å². The summed E-state index contributed by atoms with van der Waals surface area (Å²) in [5.41, 5.74) is -0.731. The van der Waals surface area contributed by atoms with E-state index in [1.807, 2.05) is 20.8 Å². The van der Waals surface area contributed by atoms with Crippen LogP contribution in [0.5, 0.6) is 0 Å². The molecule has 4 atom stereocenters. The topological polar surface area (TPSA) is 143 Å². The molecule has 0 aromatic carbocycles. The Morgan fingerprint density at radius 1 is 0.969 bits per heavy atom. The Kier molecular flexibility index (Phi) is 12.9. The number of unbranched alkanes of at least 4 members (excludes halogenated alkanes) is 1. The van der Waals surface area contributed by atoms with Gasteiger partial charge in [-0.25, -0.2) is 9.59 Å². The van der Waals surface area contributed by atoms with Crippen molar-refractivity contribution in [1.82, 2.24) is 16.0 Å². The van der Waals surface area contributed by atoms with Gasteiger partial charge in [-0.2, -0.15) is 0 Å². The van der Waals surface area contributed by atoms with Gasteiger partial charge in [0.05, 0.1) is 13.2 Å². The zero-order chi connectivity index (χ0) is 25.1. The van der Waals surface area contributed by atoms with E-state index in [0.29, 0.717) is 19.3 Å². The normalized spacial score (nSPS) is 15.2. The molecule has 0 aliphatic heterocycles. The molecule has 0 aromatic rings. The van der Waals surface area contributed by atoms with Crippen LogP contribution in [0, 0.1) is 5.92 Å². The Morgan fingerprint density at radius 3 is 2.03 bits per heavy atom. The summed E-state index contributed by atoms with van der Waals surface area (Å²) in [6.45, 7) is 12.3. The van der Waals surface area contributed by atoms with E-state index >= 15 is 0 Å². The number of methoxy groups -OCH3 is 1. The van der Waals surface area contributed by atoms with Gasteiger partial charge < -0.3 is 30.5 Å². The second kappa shape index (κ2) is 13.9. The third-order valence-corrected chi connectivity index (χ3v) is 4.48. The van der Waals surface area contributed by atoms with Crippen molar-refractivity contribution in [2.75, 3.05) is 7.11 Å². The highest BCUT2D eigenvalue weighted by atomic mass is 16.6. The number of hydrogen-bond donors (Lipinski definition) is 4. The van der Waals surface area contributed by atoms with Crippen molar-refractivity contribution in [2.45, 2.75) is 104 Å². The van der Waals surface area contributed by atoms with Gasteiger partial charge in [0.1, 0.15) is 17.7 Å². The van der Waals surface area contributed by atoms with E-state index in [1.165, 1.54) is 14.0 Å². The van der Waals surface area contributed by atoms with E-state index in [9.17, 15) is 24.3 Å². The number of aliphatic hydroxyl groups is 1. The summed E-state index contributed by atoms with van der Waals surface area (Å²) in [7, 11) is 1.23. The van der Waals surface area contributed by atoms with Gasteiger partial charge in [-0.15, -0.1) is 0 Å². The maximum Gasteiger partial charge on any atom is 0.407 e. The highest BCUT2D eigenvalue weighted by Gasteiger charge is 2.31. The van der Waals surface area contributed by atoms with E-state index in [0.717, 1.165) is 6.42 Å². The molecule has 0 aromatic heterocycles. The summed E-state index contributed by atoms with van der Waals surface area (Å²) >= 11 is 0. The molecule has 186 valence electrons. The molecule has 0 rings (SSSR count). The Hall–Kier alpha value is -2.36. The van der Waals surface area contributed by atoms with Crippen molar-refractivity contribution >= 4 is 23.9 Å². The minimum absolute atomic E-state index is 0.129. The van der Waals surface area contributed by atoms with Crippen LogP contribution in [0.1, 0.15) is 74.1 Å². The highest BCUT2D eigenvalue weighted by Crippen LogP contribution is 2.11. The molecule has 0 bridgehead atoms. The molecule has 0 radical (unpaired) electrons. The first-order valence-electron chi connectivity index (χ1n) is 11.1. The van der Waals surface area contributed by atoms with Crippen molar-refractivity contribution in [3.63, 3.8) is 0 Å². The van der Waals surface area contributed by atoms with Crippen molar-refractivity contribution in [3.8, 4) is 0 Å². The molecular formula is C22H41N3O7. The average molecular weight is 460 g/mol. The van der Waals surface area contributed by atoms with E-state index in [-0.39, 0.29) is 5.92 Å². The lowest BCUT2D eigenvalue weighted by Crippen LogP contribution is -2.56. The lowest BCUT2D eigenvalue weighted by Gasteiger charge is -2.27. The van der Waals surface area contributed by atoms with Gasteiger partial charge in [-0.3, -0.25) is 9.59 Å². The van der Waals surface area contributed by atoms with E-state index < -0.39 is 53.7 Å². The van der Waals surface area contributed by atoms with Crippen LogP contribution in [-0.4, -0.2) is 65.9 Å². The standard InChI is InChI=1S/C22H41N3O7/c1-9-10-11-15(25-21(30)32-22(5,6)7)17(26)19(28)23-14(4)18(27)24-16(12-13(2)3)20(29)31-8/h13-17,26H,9-12H2,1-8H3,(H,23,28)(H,24,27)(H,25,30)/t14-,15+,16-,17-/m0/s1. The summed E-state index contributed by atoms with van der Waals surface area (Å²) in [6.07, 6.45) is -0.145. The number of rotatable bonds is 12. The molecule has 10 heteroatoms. The zero-order valence-corrected chi connectivity index (χ0v) is 20.6.